The summed E-state index contributed by atoms with van der Waals surface area (Å²) < 4.78 is 13.7. The van der Waals surface area contributed by atoms with Crippen molar-refractivity contribution in [2.45, 2.75) is 71.0 Å². The van der Waals surface area contributed by atoms with E-state index in [9.17, 15) is 9.18 Å². The Morgan fingerprint density at radius 3 is 2.47 bits per heavy atom. The number of piperidine rings is 1. The van der Waals surface area contributed by atoms with Crippen molar-refractivity contribution < 1.29 is 9.18 Å². The van der Waals surface area contributed by atoms with E-state index in [1.54, 1.807) is 12.1 Å². The summed E-state index contributed by atoms with van der Waals surface area (Å²) >= 11 is 0. The maximum atomic E-state index is 13.7. The number of amides is 1. The largest absolute Gasteiger partial charge is 0.338 e. The maximum absolute atomic E-state index is 13.7. The Bertz CT molecular complexity index is 1060. The molecule has 2 aromatic rings. The van der Waals surface area contributed by atoms with Gasteiger partial charge in [-0.05, 0) is 76.6 Å². The molecule has 2 fully saturated rings. The van der Waals surface area contributed by atoms with Gasteiger partial charge in [0, 0.05) is 50.3 Å². The van der Waals surface area contributed by atoms with Gasteiger partial charge in [-0.15, -0.1) is 0 Å². The third-order valence-corrected chi connectivity index (χ3v) is 8.56. The molecule has 1 amide bonds. The fraction of sp³-hybridized carbons (Fsp3) is 0.593. The normalized spacial score (nSPS) is 25.4. The van der Waals surface area contributed by atoms with Crippen LogP contribution in [0.2, 0.25) is 0 Å². The van der Waals surface area contributed by atoms with Crippen LogP contribution in [0.3, 0.4) is 0 Å². The summed E-state index contributed by atoms with van der Waals surface area (Å²) in [6.45, 7) is 13.1. The fourth-order valence-corrected chi connectivity index (χ4v) is 6.40. The van der Waals surface area contributed by atoms with E-state index in [2.05, 4.69) is 33.6 Å². The predicted octanol–water partition coefficient (Wildman–Crippen LogP) is 3.92. The standard InChI is InChI=1S/C27H36FN5O/c1-18-16-32(13-14-33(18)24-8-5-21-15-22(28)6-7-23(21)24)27(4)9-11-31(12-10-27)26(34)25-19(2)29-17-30-20(25)3/h6-7,15,17-18,24H,5,8-14,16H2,1-4H3/t18-,24?/m0/s1. The Hall–Kier alpha value is -2.38. The van der Waals surface area contributed by atoms with Crippen LogP contribution >= 0.6 is 0 Å². The number of rotatable bonds is 3. The molecule has 0 bridgehead atoms. The fourth-order valence-electron chi connectivity index (χ4n) is 6.40. The molecule has 2 atom stereocenters. The van der Waals surface area contributed by atoms with E-state index in [-0.39, 0.29) is 17.3 Å². The molecule has 0 saturated carbocycles. The highest BCUT2D eigenvalue weighted by atomic mass is 19.1. The average molecular weight is 466 g/mol. The van der Waals surface area contributed by atoms with Crippen LogP contribution in [-0.2, 0) is 6.42 Å². The number of carbonyl (C=O) groups excluding carboxylic acids is 1. The highest BCUT2D eigenvalue weighted by Crippen LogP contribution is 2.39. The molecule has 1 aliphatic carbocycles. The van der Waals surface area contributed by atoms with Gasteiger partial charge in [0.2, 0.25) is 0 Å². The molecule has 1 aromatic heterocycles. The molecule has 2 aliphatic heterocycles. The first-order valence-corrected chi connectivity index (χ1v) is 12.6. The van der Waals surface area contributed by atoms with Gasteiger partial charge in [-0.1, -0.05) is 6.07 Å². The third-order valence-electron chi connectivity index (χ3n) is 8.56. The van der Waals surface area contributed by atoms with Gasteiger partial charge >= 0.3 is 0 Å². The lowest BCUT2D eigenvalue weighted by molar-refractivity contribution is -0.0298. The van der Waals surface area contributed by atoms with Crippen LogP contribution in [0.1, 0.15) is 72.0 Å². The molecule has 5 rings (SSSR count). The zero-order chi connectivity index (χ0) is 24.0. The van der Waals surface area contributed by atoms with Gasteiger partial charge < -0.3 is 4.90 Å². The molecule has 7 heteroatoms. The lowest BCUT2D eigenvalue weighted by Crippen LogP contribution is -2.62. The molecule has 2 saturated heterocycles. The highest BCUT2D eigenvalue weighted by Gasteiger charge is 2.42. The molecule has 3 aliphatic rings. The first-order chi connectivity index (χ1) is 16.3. The van der Waals surface area contributed by atoms with Gasteiger partial charge in [-0.2, -0.15) is 0 Å². The van der Waals surface area contributed by atoms with E-state index < -0.39 is 0 Å². The summed E-state index contributed by atoms with van der Waals surface area (Å²) in [5.74, 6) is -0.0627. The van der Waals surface area contributed by atoms with Crippen LogP contribution in [-0.4, -0.2) is 74.9 Å². The summed E-state index contributed by atoms with van der Waals surface area (Å²) in [5.41, 5.74) is 4.77. The van der Waals surface area contributed by atoms with E-state index in [1.165, 1.54) is 17.5 Å². The lowest BCUT2D eigenvalue weighted by atomic mass is 9.86. The summed E-state index contributed by atoms with van der Waals surface area (Å²) in [6, 6.07) is 6.17. The van der Waals surface area contributed by atoms with Gasteiger partial charge in [-0.25, -0.2) is 14.4 Å². The number of piperazine rings is 1. The minimum Gasteiger partial charge on any atom is -0.338 e. The second kappa shape index (κ2) is 9.00. The van der Waals surface area contributed by atoms with Gasteiger partial charge in [0.1, 0.15) is 12.1 Å². The van der Waals surface area contributed by atoms with Crippen LogP contribution in [0, 0.1) is 19.7 Å². The second-order valence-corrected chi connectivity index (χ2v) is 10.6. The first-order valence-electron chi connectivity index (χ1n) is 12.6. The molecule has 1 unspecified atom stereocenters. The van der Waals surface area contributed by atoms with Gasteiger partial charge in [-0.3, -0.25) is 14.6 Å². The van der Waals surface area contributed by atoms with Gasteiger partial charge in [0.05, 0.1) is 17.0 Å². The van der Waals surface area contributed by atoms with E-state index in [0.29, 0.717) is 17.6 Å². The number of halogens is 1. The van der Waals surface area contributed by atoms with Crippen LogP contribution < -0.4 is 0 Å². The van der Waals surface area contributed by atoms with Crippen molar-refractivity contribution in [3.63, 3.8) is 0 Å². The third kappa shape index (κ3) is 4.13. The molecule has 0 spiro atoms. The minimum absolute atomic E-state index is 0.0622. The number of carbonyl (C=O) groups is 1. The monoisotopic (exact) mass is 465 g/mol. The van der Waals surface area contributed by atoms with E-state index in [1.807, 2.05) is 24.8 Å². The van der Waals surface area contributed by atoms with Crippen molar-refractivity contribution in [3.8, 4) is 0 Å². The summed E-state index contributed by atoms with van der Waals surface area (Å²) in [5, 5.41) is 0. The maximum Gasteiger partial charge on any atom is 0.257 e. The second-order valence-electron chi connectivity index (χ2n) is 10.6. The molecule has 6 nitrogen and oxygen atoms in total. The Balaban J connectivity index is 1.22. The smallest absolute Gasteiger partial charge is 0.257 e. The zero-order valence-corrected chi connectivity index (χ0v) is 20.9. The molecule has 3 heterocycles. The number of benzene rings is 1. The molecule has 1 aromatic carbocycles. The quantitative estimate of drug-likeness (QED) is 0.688. The Morgan fingerprint density at radius 1 is 1.09 bits per heavy atom. The SMILES string of the molecule is Cc1ncnc(C)c1C(=O)N1CCC(C)(N2CCN(C3CCc4cc(F)ccc43)[C@@H](C)C2)CC1. The van der Waals surface area contributed by atoms with Crippen LogP contribution in [0.5, 0.6) is 0 Å². The number of aryl methyl sites for hydroxylation is 3. The predicted molar refractivity (Wildman–Crippen MR) is 130 cm³/mol. The van der Waals surface area contributed by atoms with Gasteiger partial charge in [0.25, 0.3) is 5.91 Å². The minimum atomic E-state index is -0.125. The molecule has 34 heavy (non-hydrogen) atoms. The summed E-state index contributed by atoms with van der Waals surface area (Å²) in [7, 11) is 0. The first kappa shape index (κ1) is 23.4. The van der Waals surface area contributed by atoms with E-state index >= 15 is 0 Å². The van der Waals surface area contributed by atoms with Crippen molar-refractivity contribution in [2.75, 3.05) is 32.7 Å². The van der Waals surface area contributed by atoms with Gasteiger partial charge in [0.15, 0.2) is 0 Å². The van der Waals surface area contributed by atoms with E-state index in [4.69, 9.17) is 0 Å². The molecular formula is C27H36FN5O. The Kier molecular flexibility index (Phi) is 6.19. The molecule has 0 N–H and O–H groups in total. The lowest BCUT2D eigenvalue weighted by Gasteiger charge is -2.52. The molecule has 182 valence electrons. The van der Waals surface area contributed by atoms with Crippen molar-refractivity contribution in [1.29, 1.82) is 0 Å². The number of hydrogen-bond donors (Lipinski definition) is 0. The summed E-state index contributed by atoms with van der Waals surface area (Å²) in [4.78, 5) is 28.9. The van der Waals surface area contributed by atoms with Crippen LogP contribution in [0.25, 0.3) is 0 Å². The number of hydrogen-bond acceptors (Lipinski definition) is 5. The van der Waals surface area contributed by atoms with Crippen LogP contribution in [0.4, 0.5) is 4.39 Å². The molecular weight excluding hydrogens is 429 g/mol. The Morgan fingerprint density at radius 2 is 1.79 bits per heavy atom. The highest BCUT2D eigenvalue weighted by molar-refractivity contribution is 5.96. The number of nitrogens with zero attached hydrogens (tertiary/aromatic N) is 5. The number of aromatic nitrogens is 2. The molecule has 0 radical (unpaired) electrons. The number of fused-ring (bicyclic) bond motifs is 1. The van der Waals surface area contributed by atoms with Crippen LogP contribution in [0.15, 0.2) is 24.5 Å². The zero-order valence-electron chi connectivity index (χ0n) is 20.9. The van der Waals surface area contributed by atoms with Crippen molar-refractivity contribution >= 4 is 5.91 Å². The van der Waals surface area contributed by atoms with Crippen molar-refractivity contribution in [2.24, 2.45) is 0 Å². The van der Waals surface area contributed by atoms with Crippen molar-refractivity contribution in [1.82, 2.24) is 24.7 Å². The van der Waals surface area contributed by atoms with E-state index in [0.717, 1.165) is 69.8 Å². The average Bonchev–Trinajstić information content (AvgIpc) is 3.22. The summed E-state index contributed by atoms with van der Waals surface area (Å²) in [6.07, 6.45) is 5.53. The number of likely N-dealkylation sites (tertiary alicyclic amines) is 1. The van der Waals surface area contributed by atoms with Crippen molar-refractivity contribution in [3.05, 3.63) is 58.4 Å². The topological polar surface area (TPSA) is 52.6 Å². The Labute approximate surface area is 202 Å².